The minimum atomic E-state index is -0.472. The quantitative estimate of drug-likeness (QED) is 0.246. The van der Waals surface area contributed by atoms with Crippen molar-refractivity contribution in [3.63, 3.8) is 0 Å². The SMILES string of the molecule is C=C/C(=C\S)CC(=O)NO.O. The zero-order valence-electron chi connectivity index (χ0n) is 5.87. The fourth-order valence-electron chi connectivity index (χ4n) is 0.395. The summed E-state index contributed by atoms with van der Waals surface area (Å²) in [4.78, 5) is 10.5. The van der Waals surface area contributed by atoms with Crippen LogP contribution in [0.4, 0.5) is 0 Å². The van der Waals surface area contributed by atoms with Gasteiger partial charge in [-0.25, -0.2) is 5.48 Å². The largest absolute Gasteiger partial charge is 0.412 e. The number of carbonyl (C=O) groups is 1. The molecule has 0 aliphatic rings. The lowest BCUT2D eigenvalue weighted by molar-refractivity contribution is -0.128. The minimum Gasteiger partial charge on any atom is -0.412 e. The number of thiol groups is 1. The van der Waals surface area contributed by atoms with Crippen molar-refractivity contribution < 1.29 is 15.5 Å². The van der Waals surface area contributed by atoms with Crippen LogP contribution in [0.1, 0.15) is 6.42 Å². The second kappa shape index (κ2) is 7.33. The third-order valence-electron chi connectivity index (χ3n) is 0.917. The van der Waals surface area contributed by atoms with Gasteiger partial charge in [0.2, 0.25) is 5.91 Å². The molecule has 1 amide bonds. The highest BCUT2D eigenvalue weighted by Crippen LogP contribution is 2.02. The van der Waals surface area contributed by atoms with Gasteiger partial charge in [-0.2, -0.15) is 12.6 Å². The van der Waals surface area contributed by atoms with E-state index in [1.165, 1.54) is 17.0 Å². The lowest BCUT2D eigenvalue weighted by Gasteiger charge is -1.96. The second-order valence-electron chi connectivity index (χ2n) is 1.62. The van der Waals surface area contributed by atoms with Gasteiger partial charge in [-0.15, -0.1) is 0 Å². The molecular weight excluding hydrogens is 166 g/mol. The zero-order valence-corrected chi connectivity index (χ0v) is 6.77. The van der Waals surface area contributed by atoms with Crippen molar-refractivity contribution >= 4 is 18.5 Å². The van der Waals surface area contributed by atoms with E-state index in [-0.39, 0.29) is 11.9 Å². The summed E-state index contributed by atoms with van der Waals surface area (Å²) < 4.78 is 0. The molecule has 0 radical (unpaired) electrons. The van der Waals surface area contributed by atoms with Gasteiger partial charge in [0.25, 0.3) is 0 Å². The van der Waals surface area contributed by atoms with Gasteiger partial charge < -0.3 is 5.48 Å². The Labute approximate surface area is 70.3 Å². The number of hydroxylamine groups is 1. The molecule has 64 valence electrons. The van der Waals surface area contributed by atoms with Gasteiger partial charge in [0.1, 0.15) is 0 Å². The molecule has 11 heavy (non-hydrogen) atoms. The number of carbonyl (C=O) groups excluding carboxylic acids is 1. The Balaban J connectivity index is 0. The van der Waals surface area contributed by atoms with Crippen molar-refractivity contribution in [3.8, 4) is 0 Å². The normalized spacial score (nSPS) is 9.82. The van der Waals surface area contributed by atoms with Crippen molar-refractivity contribution in [1.29, 1.82) is 0 Å². The van der Waals surface area contributed by atoms with Gasteiger partial charge in [-0.3, -0.25) is 10.0 Å². The van der Waals surface area contributed by atoms with Crippen molar-refractivity contribution in [2.75, 3.05) is 0 Å². The molecule has 0 spiro atoms. The molecule has 0 aliphatic carbocycles. The van der Waals surface area contributed by atoms with Gasteiger partial charge in [0.15, 0.2) is 0 Å². The third-order valence-corrected chi connectivity index (χ3v) is 1.25. The Hall–Kier alpha value is -0.780. The van der Waals surface area contributed by atoms with E-state index in [9.17, 15) is 4.79 Å². The first kappa shape index (κ1) is 12.9. The molecule has 0 saturated carbocycles. The average Bonchev–Trinajstić information content (AvgIpc) is 1.99. The highest BCUT2D eigenvalue weighted by atomic mass is 32.1. The summed E-state index contributed by atoms with van der Waals surface area (Å²) in [5, 5.41) is 9.55. The maximum absolute atomic E-state index is 10.5. The van der Waals surface area contributed by atoms with Crippen LogP contribution in [0.5, 0.6) is 0 Å². The summed E-state index contributed by atoms with van der Waals surface area (Å²) >= 11 is 3.81. The Kier molecular flexibility index (Phi) is 8.57. The van der Waals surface area contributed by atoms with E-state index in [1.807, 2.05) is 0 Å². The standard InChI is InChI=1S/C6H9NO2S.H2O/c1-2-5(4-10)3-6(8)7-9;/h2,4,9-10H,1,3H2,(H,7,8);1H2/b5-4+;. The minimum absolute atomic E-state index is 0. The molecule has 0 aromatic carbocycles. The maximum atomic E-state index is 10.5. The Morgan fingerprint density at radius 3 is 2.55 bits per heavy atom. The van der Waals surface area contributed by atoms with E-state index in [0.29, 0.717) is 5.57 Å². The van der Waals surface area contributed by atoms with Gasteiger partial charge in [-0.05, 0) is 11.0 Å². The van der Waals surface area contributed by atoms with Gasteiger partial charge in [0, 0.05) is 0 Å². The van der Waals surface area contributed by atoms with Crippen LogP contribution in [0.15, 0.2) is 23.6 Å². The fourth-order valence-corrected chi connectivity index (χ4v) is 0.592. The second-order valence-corrected chi connectivity index (χ2v) is 1.88. The average molecular weight is 177 g/mol. The molecule has 0 heterocycles. The molecule has 0 aromatic rings. The van der Waals surface area contributed by atoms with Crippen molar-refractivity contribution in [3.05, 3.63) is 23.6 Å². The molecule has 4 nitrogen and oxygen atoms in total. The Bertz CT molecular complexity index is 167. The van der Waals surface area contributed by atoms with E-state index < -0.39 is 5.91 Å². The van der Waals surface area contributed by atoms with Gasteiger partial charge in [0.05, 0.1) is 6.42 Å². The van der Waals surface area contributed by atoms with Crippen LogP contribution in [-0.4, -0.2) is 16.6 Å². The topological polar surface area (TPSA) is 80.8 Å². The maximum Gasteiger partial charge on any atom is 0.247 e. The lowest BCUT2D eigenvalue weighted by atomic mass is 10.2. The highest BCUT2D eigenvalue weighted by Gasteiger charge is 1.99. The number of hydrogen-bond donors (Lipinski definition) is 3. The molecule has 0 bridgehead atoms. The molecule has 0 saturated heterocycles. The van der Waals surface area contributed by atoms with Crippen LogP contribution >= 0.6 is 12.6 Å². The predicted molar refractivity (Wildman–Crippen MR) is 45.4 cm³/mol. The smallest absolute Gasteiger partial charge is 0.247 e. The molecule has 0 aromatic heterocycles. The summed E-state index contributed by atoms with van der Waals surface area (Å²) in [7, 11) is 0. The van der Waals surface area contributed by atoms with Crippen LogP contribution < -0.4 is 5.48 Å². The predicted octanol–water partition coefficient (Wildman–Crippen LogP) is 0.0569. The first-order chi connectivity index (χ1) is 4.74. The molecule has 0 unspecified atom stereocenters. The molecule has 0 rings (SSSR count). The van der Waals surface area contributed by atoms with Crippen LogP contribution in [0, 0.1) is 0 Å². The molecule has 0 fully saturated rings. The van der Waals surface area contributed by atoms with Gasteiger partial charge in [-0.1, -0.05) is 12.7 Å². The molecule has 0 aliphatic heterocycles. The number of rotatable bonds is 3. The summed E-state index contributed by atoms with van der Waals surface area (Å²) in [5.41, 5.74) is 2.16. The number of nitrogens with one attached hydrogen (secondary N) is 1. The van der Waals surface area contributed by atoms with Crippen molar-refractivity contribution in [2.45, 2.75) is 6.42 Å². The Morgan fingerprint density at radius 2 is 2.27 bits per heavy atom. The van der Waals surface area contributed by atoms with Crippen molar-refractivity contribution in [1.82, 2.24) is 5.48 Å². The number of amides is 1. The van der Waals surface area contributed by atoms with Crippen molar-refractivity contribution in [2.24, 2.45) is 0 Å². The Morgan fingerprint density at radius 1 is 1.73 bits per heavy atom. The molecule has 4 N–H and O–H groups in total. The van der Waals surface area contributed by atoms with E-state index in [1.54, 1.807) is 0 Å². The van der Waals surface area contributed by atoms with E-state index in [4.69, 9.17) is 5.21 Å². The van der Waals surface area contributed by atoms with E-state index in [2.05, 4.69) is 19.2 Å². The highest BCUT2D eigenvalue weighted by molar-refractivity contribution is 7.83. The molecular formula is C6H11NO3S. The summed E-state index contributed by atoms with van der Waals surface area (Å²) in [5.74, 6) is -0.472. The van der Waals surface area contributed by atoms with Crippen LogP contribution in [0.2, 0.25) is 0 Å². The van der Waals surface area contributed by atoms with Crippen LogP contribution in [0.25, 0.3) is 0 Å². The van der Waals surface area contributed by atoms with E-state index in [0.717, 1.165) is 0 Å². The first-order valence-corrected chi connectivity index (χ1v) is 3.15. The van der Waals surface area contributed by atoms with Crippen LogP contribution in [0.3, 0.4) is 0 Å². The van der Waals surface area contributed by atoms with Crippen LogP contribution in [-0.2, 0) is 4.79 Å². The number of allylic oxidation sites excluding steroid dienone is 1. The fraction of sp³-hybridized carbons (Fsp3) is 0.167. The monoisotopic (exact) mass is 177 g/mol. The summed E-state index contributed by atoms with van der Waals surface area (Å²) in [6, 6.07) is 0. The first-order valence-electron chi connectivity index (χ1n) is 2.63. The zero-order chi connectivity index (χ0) is 7.98. The third kappa shape index (κ3) is 5.65. The van der Waals surface area contributed by atoms with Gasteiger partial charge >= 0.3 is 0 Å². The molecule has 5 heteroatoms. The number of hydrogen-bond acceptors (Lipinski definition) is 3. The molecule has 0 atom stereocenters. The lowest BCUT2D eigenvalue weighted by Crippen LogP contribution is -2.18. The van der Waals surface area contributed by atoms with E-state index >= 15 is 0 Å². The summed E-state index contributed by atoms with van der Waals surface area (Å²) in [6.07, 6.45) is 1.60. The summed E-state index contributed by atoms with van der Waals surface area (Å²) in [6.45, 7) is 3.44.